The summed E-state index contributed by atoms with van der Waals surface area (Å²) in [6, 6.07) is 6.85. The van der Waals surface area contributed by atoms with Gasteiger partial charge in [0.1, 0.15) is 5.82 Å². The predicted octanol–water partition coefficient (Wildman–Crippen LogP) is 4.07. The van der Waals surface area contributed by atoms with Crippen LogP contribution in [0.5, 0.6) is 0 Å². The Hall–Kier alpha value is -0.930. The van der Waals surface area contributed by atoms with Gasteiger partial charge in [-0.05, 0) is 19.5 Å². The number of benzene rings is 1. The molecular weight excluding hydrogens is 241 g/mol. The topological polar surface area (TPSA) is 21.3 Å². The standard InChI is InChI=1S/C16H26FNO/c1-3-4-5-6-9-12-19-16(13-18-2)14-10-7-8-11-15(14)17/h7-8,10-11,16,18H,3-6,9,12-13H2,1-2H3. The Morgan fingerprint density at radius 3 is 2.58 bits per heavy atom. The van der Waals surface area contributed by atoms with Crippen molar-refractivity contribution < 1.29 is 9.13 Å². The van der Waals surface area contributed by atoms with Crippen LogP contribution in [0.1, 0.15) is 50.7 Å². The average Bonchev–Trinajstić information content (AvgIpc) is 2.42. The van der Waals surface area contributed by atoms with Crippen LogP contribution >= 0.6 is 0 Å². The van der Waals surface area contributed by atoms with Gasteiger partial charge in [0.2, 0.25) is 0 Å². The van der Waals surface area contributed by atoms with Gasteiger partial charge in [-0.15, -0.1) is 0 Å². The fourth-order valence-electron chi connectivity index (χ4n) is 2.11. The van der Waals surface area contributed by atoms with E-state index in [2.05, 4.69) is 12.2 Å². The normalized spacial score (nSPS) is 12.6. The monoisotopic (exact) mass is 267 g/mol. The molecule has 0 aliphatic rings. The highest BCUT2D eigenvalue weighted by atomic mass is 19.1. The Morgan fingerprint density at radius 2 is 1.89 bits per heavy atom. The van der Waals surface area contributed by atoms with Crippen molar-refractivity contribution in [2.24, 2.45) is 0 Å². The molecule has 1 rings (SSSR count). The molecule has 0 bridgehead atoms. The molecule has 1 atom stereocenters. The van der Waals surface area contributed by atoms with E-state index in [1.807, 2.05) is 13.1 Å². The van der Waals surface area contributed by atoms with Crippen molar-refractivity contribution in [3.8, 4) is 0 Å². The minimum absolute atomic E-state index is 0.186. The number of likely N-dealkylation sites (N-methyl/N-ethyl adjacent to an activating group) is 1. The molecule has 3 heteroatoms. The maximum atomic E-state index is 13.7. The quantitative estimate of drug-likeness (QED) is 0.645. The molecule has 1 aromatic carbocycles. The summed E-state index contributed by atoms with van der Waals surface area (Å²) in [5.74, 6) is -0.186. The fourth-order valence-corrected chi connectivity index (χ4v) is 2.11. The van der Waals surface area contributed by atoms with Gasteiger partial charge in [0.15, 0.2) is 0 Å². The highest BCUT2D eigenvalue weighted by molar-refractivity contribution is 5.20. The molecule has 0 aliphatic heterocycles. The van der Waals surface area contributed by atoms with E-state index in [4.69, 9.17) is 4.74 Å². The van der Waals surface area contributed by atoms with E-state index in [9.17, 15) is 4.39 Å². The highest BCUT2D eigenvalue weighted by Gasteiger charge is 2.14. The van der Waals surface area contributed by atoms with Gasteiger partial charge in [-0.2, -0.15) is 0 Å². The highest BCUT2D eigenvalue weighted by Crippen LogP contribution is 2.20. The lowest BCUT2D eigenvalue weighted by Gasteiger charge is -2.18. The molecule has 2 nitrogen and oxygen atoms in total. The summed E-state index contributed by atoms with van der Waals surface area (Å²) in [4.78, 5) is 0. The first kappa shape index (κ1) is 16.1. The maximum absolute atomic E-state index is 13.7. The van der Waals surface area contributed by atoms with Crippen molar-refractivity contribution >= 4 is 0 Å². The second-order valence-corrected chi connectivity index (χ2v) is 4.85. The van der Waals surface area contributed by atoms with Gasteiger partial charge < -0.3 is 10.1 Å². The molecule has 0 amide bonds. The first-order valence-electron chi connectivity index (χ1n) is 7.30. The fraction of sp³-hybridized carbons (Fsp3) is 0.625. The number of hydrogen-bond donors (Lipinski definition) is 1. The van der Waals surface area contributed by atoms with E-state index >= 15 is 0 Å². The van der Waals surface area contributed by atoms with Crippen molar-refractivity contribution in [3.05, 3.63) is 35.6 Å². The zero-order valence-corrected chi connectivity index (χ0v) is 12.1. The first-order chi connectivity index (χ1) is 9.29. The molecule has 0 radical (unpaired) electrons. The van der Waals surface area contributed by atoms with Crippen LogP contribution in [0.3, 0.4) is 0 Å². The molecule has 0 saturated carbocycles. The molecule has 0 aliphatic carbocycles. The van der Waals surface area contributed by atoms with Gasteiger partial charge in [0, 0.05) is 18.7 Å². The molecule has 0 heterocycles. The van der Waals surface area contributed by atoms with Gasteiger partial charge in [0.05, 0.1) is 6.10 Å². The largest absolute Gasteiger partial charge is 0.372 e. The Bertz CT molecular complexity index is 343. The van der Waals surface area contributed by atoms with E-state index in [0.29, 0.717) is 18.7 Å². The summed E-state index contributed by atoms with van der Waals surface area (Å²) < 4.78 is 19.6. The Kier molecular flexibility index (Phi) is 8.43. The molecule has 0 saturated heterocycles. The summed E-state index contributed by atoms with van der Waals surface area (Å²) in [5.41, 5.74) is 0.644. The number of ether oxygens (including phenoxy) is 1. The van der Waals surface area contributed by atoms with Crippen LogP contribution in [0.2, 0.25) is 0 Å². The number of halogens is 1. The number of nitrogens with one attached hydrogen (secondary N) is 1. The minimum atomic E-state index is -0.197. The third kappa shape index (κ3) is 6.17. The first-order valence-corrected chi connectivity index (χ1v) is 7.30. The van der Waals surface area contributed by atoms with Crippen LogP contribution < -0.4 is 5.32 Å². The zero-order chi connectivity index (χ0) is 13.9. The smallest absolute Gasteiger partial charge is 0.129 e. The number of hydrogen-bond acceptors (Lipinski definition) is 2. The average molecular weight is 267 g/mol. The Balaban J connectivity index is 2.39. The van der Waals surface area contributed by atoms with E-state index in [0.717, 1.165) is 6.42 Å². The summed E-state index contributed by atoms with van der Waals surface area (Å²) in [6.45, 7) is 3.54. The van der Waals surface area contributed by atoms with Crippen molar-refractivity contribution in [2.45, 2.75) is 45.1 Å². The maximum Gasteiger partial charge on any atom is 0.129 e. The second kappa shape index (κ2) is 9.93. The molecule has 1 unspecified atom stereocenters. The molecule has 0 fully saturated rings. The van der Waals surface area contributed by atoms with E-state index < -0.39 is 0 Å². The van der Waals surface area contributed by atoms with Crippen molar-refractivity contribution in [3.63, 3.8) is 0 Å². The molecular formula is C16H26FNO. The van der Waals surface area contributed by atoms with E-state index in [-0.39, 0.29) is 11.9 Å². The molecule has 108 valence electrons. The van der Waals surface area contributed by atoms with Crippen LogP contribution in [0.15, 0.2) is 24.3 Å². The summed E-state index contributed by atoms with van der Waals surface area (Å²) in [5, 5.41) is 3.06. The van der Waals surface area contributed by atoms with Crippen molar-refractivity contribution in [2.75, 3.05) is 20.2 Å². The summed E-state index contributed by atoms with van der Waals surface area (Å²) in [6.07, 6.45) is 5.84. The van der Waals surface area contributed by atoms with Gasteiger partial charge in [-0.1, -0.05) is 50.8 Å². The van der Waals surface area contributed by atoms with E-state index in [1.165, 1.54) is 31.7 Å². The van der Waals surface area contributed by atoms with Crippen LogP contribution in [0, 0.1) is 5.82 Å². The third-order valence-corrected chi connectivity index (χ3v) is 3.21. The van der Waals surface area contributed by atoms with Gasteiger partial charge in [-0.25, -0.2) is 4.39 Å². The predicted molar refractivity (Wildman–Crippen MR) is 77.8 cm³/mol. The van der Waals surface area contributed by atoms with Crippen LogP contribution in [0.25, 0.3) is 0 Å². The molecule has 1 N–H and O–H groups in total. The van der Waals surface area contributed by atoms with Crippen LogP contribution in [-0.4, -0.2) is 20.2 Å². The van der Waals surface area contributed by atoms with Crippen LogP contribution in [-0.2, 0) is 4.74 Å². The van der Waals surface area contributed by atoms with Gasteiger partial charge in [0.25, 0.3) is 0 Å². The summed E-state index contributed by atoms with van der Waals surface area (Å²) in [7, 11) is 1.86. The number of unbranched alkanes of at least 4 members (excludes halogenated alkanes) is 4. The van der Waals surface area contributed by atoms with Crippen molar-refractivity contribution in [1.29, 1.82) is 0 Å². The lowest BCUT2D eigenvalue weighted by Crippen LogP contribution is -2.21. The lowest BCUT2D eigenvalue weighted by molar-refractivity contribution is 0.0488. The lowest BCUT2D eigenvalue weighted by atomic mass is 10.1. The van der Waals surface area contributed by atoms with Crippen LogP contribution in [0.4, 0.5) is 4.39 Å². The van der Waals surface area contributed by atoms with Crippen molar-refractivity contribution in [1.82, 2.24) is 5.32 Å². The SMILES string of the molecule is CCCCCCCOC(CNC)c1ccccc1F. The molecule has 0 aromatic heterocycles. The molecule has 0 spiro atoms. The number of rotatable bonds is 10. The minimum Gasteiger partial charge on any atom is -0.372 e. The summed E-state index contributed by atoms with van der Waals surface area (Å²) >= 11 is 0. The second-order valence-electron chi connectivity index (χ2n) is 4.85. The van der Waals surface area contributed by atoms with Gasteiger partial charge >= 0.3 is 0 Å². The Morgan fingerprint density at radius 1 is 1.16 bits per heavy atom. The molecule has 1 aromatic rings. The van der Waals surface area contributed by atoms with Gasteiger partial charge in [-0.3, -0.25) is 0 Å². The molecule has 19 heavy (non-hydrogen) atoms. The zero-order valence-electron chi connectivity index (χ0n) is 12.1. The van der Waals surface area contributed by atoms with E-state index in [1.54, 1.807) is 12.1 Å². The third-order valence-electron chi connectivity index (χ3n) is 3.21. The Labute approximate surface area is 116 Å².